The lowest BCUT2D eigenvalue weighted by Gasteiger charge is -2.58. The number of ether oxygens (including phenoxy) is 1. The van der Waals surface area contributed by atoms with Gasteiger partial charge < -0.3 is 4.74 Å². The topological polar surface area (TPSA) is 26.3 Å². The molecule has 4 rings (SSSR count). The van der Waals surface area contributed by atoms with Crippen molar-refractivity contribution in [3.05, 3.63) is 23.8 Å². The minimum atomic E-state index is 0.0597. The van der Waals surface area contributed by atoms with Crippen molar-refractivity contribution >= 4 is 5.97 Å². The fourth-order valence-corrected chi connectivity index (χ4v) is 12.2. The molecule has 306 valence electrons. The van der Waals surface area contributed by atoms with E-state index in [0.717, 1.165) is 60.7 Å². The average Bonchev–Trinajstić information content (AvgIpc) is 3.50. The third-order valence-corrected chi connectivity index (χ3v) is 16.2. The van der Waals surface area contributed by atoms with Gasteiger partial charge in [-0.05, 0) is 129 Å². The number of unbranched alkanes of at least 4 members (excludes halogenated alkanes) is 16. The van der Waals surface area contributed by atoms with Crippen LogP contribution in [0, 0.1) is 52.3 Å². The van der Waals surface area contributed by atoms with Gasteiger partial charge >= 0.3 is 5.97 Å². The number of carbonyl (C=O) groups is 1. The van der Waals surface area contributed by atoms with E-state index in [-0.39, 0.29) is 12.1 Å². The molecule has 3 saturated carbocycles. The molecule has 0 aromatic heterocycles. The van der Waals surface area contributed by atoms with Crippen LogP contribution in [0.25, 0.3) is 0 Å². The summed E-state index contributed by atoms with van der Waals surface area (Å²) in [5, 5.41) is 0. The molecule has 0 spiro atoms. The predicted octanol–water partition coefficient (Wildman–Crippen LogP) is 16.2. The Kier molecular flexibility index (Phi) is 19.6. The molecule has 53 heavy (non-hydrogen) atoms. The van der Waals surface area contributed by atoms with Gasteiger partial charge in [0.15, 0.2) is 0 Å². The first-order chi connectivity index (χ1) is 25.6. The summed E-state index contributed by atoms with van der Waals surface area (Å²) in [6, 6.07) is 0. The maximum atomic E-state index is 12.9. The van der Waals surface area contributed by atoms with Gasteiger partial charge in [0.25, 0.3) is 0 Å². The van der Waals surface area contributed by atoms with E-state index < -0.39 is 0 Å². The first kappa shape index (κ1) is 44.7. The van der Waals surface area contributed by atoms with Gasteiger partial charge in [0, 0.05) is 12.8 Å². The second-order valence-corrected chi connectivity index (χ2v) is 20.2. The van der Waals surface area contributed by atoms with Crippen molar-refractivity contribution in [1.82, 2.24) is 0 Å². The smallest absolute Gasteiger partial charge is 0.306 e. The van der Waals surface area contributed by atoms with Crippen LogP contribution in [0.1, 0.15) is 235 Å². The van der Waals surface area contributed by atoms with Crippen LogP contribution >= 0.6 is 0 Å². The lowest BCUT2D eigenvalue weighted by molar-refractivity contribution is -0.151. The lowest BCUT2D eigenvalue weighted by atomic mass is 9.47. The molecule has 0 amide bonds. The summed E-state index contributed by atoms with van der Waals surface area (Å²) in [5.41, 5.74) is 2.51. The van der Waals surface area contributed by atoms with Crippen molar-refractivity contribution in [2.24, 2.45) is 52.3 Å². The van der Waals surface area contributed by atoms with E-state index in [1.807, 2.05) is 0 Å². The van der Waals surface area contributed by atoms with Crippen LogP contribution in [0.2, 0.25) is 0 Å². The Morgan fingerprint density at radius 2 is 1.34 bits per heavy atom. The largest absolute Gasteiger partial charge is 0.462 e. The van der Waals surface area contributed by atoms with Crippen molar-refractivity contribution in [2.45, 2.75) is 241 Å². The van der Waals surface area contributed by atoms with Crippen molar-refractivity contribution in [3.63, 3.8) is 0 Å². The van der Waals surface area contributed by atoms with E-state index >= 15 is 0 Å². The SMILES string of the molecule is CCCCCCCCCCC/C=C\CCCCCCCCCC(=O)OC1CCC2(C)C(=CCC3C2CCC2(C)C(C(C)CCC(C)C(C)C)CCC32)C1. The second kappa shape index (κ2) is 23.2. The Hall–Kier alpha value is -1.05. The van der Waals surface area contributed by atoms with Crippen molar-refractivity contribution in [3.8, 4) is 0 Å². The normalized spacial score (nSPS) is 30.9. The fourth-order valence-electron chi connectivity index (χ4n) is 12.2. The standard InChI is InChI=1S/C51H90O2/c1-8-9-10-11-12-13-14-15-16-17-18-19-20-21-22-23-24-25-26-27-28-49(52)53-44-35-37-50(6)43(39-44)31-32-45-47-34-33-46(51(47,7)38-36-48(45)50)42(5)30-29-41(4)40(2)3/h18-19,31,40-42,44-48H,8-17,20-30,32-39H2,1-7H3/b19-18-. The van der Waals surface area contributed by atoms with Crippen LogP contribution in [0.3, 0.4) is 0 Å². The first-order valence-corrected chi connectivity index (χ1v) is 24.1. The molecule has 0 aromatic carbocycles. The quantitative estimate of drug-likeness (QED) is 0.0502. The summed E-state index contributed by atoms with van der Waals surface area (Å²) < 4.78 is 6.16. The number of fused-ring (bicyclic) bond motifs is 5. The minimum Gasteiger partial charge on any atom is -0.462 e. The number of esters is 1. The Morgan fingerprint density at radius 3 is 1.96 bits per heavy atom. The van der Waals surface area contributed by atoms with Crippen LogP contribution in [0.4, 0.5) is 0 Å². The van der Waals surface area contributed by atoms with Gasteiger partial charge in [-0.1, -0.05) is 169 Å². The molecule has 0 saturated heterocycles. The number of rotatable bonds is 26. The molecule has 0 aromatic rings. The van der Waals surface area contributed by atoms with E-state index in [4.69, 9.17) is 4.74 Å². The van der Waals surface area contributed by atoms with Crippen molar-refractivity contribution in [2.75, 3.05) is 0 Å². The Bertz CT molecular complexity index is 1090. The molecule has 2 heteroatoms. The van der Waals surface area contributed by atoms with Crippen LogP contribution in [-0.4, -0.2) is 12.1 Å². The Morgan fingerprint density at radius 1 is 0.736 bits per heavy atom. The molecular weight excluding hydrogens is 645 g/mol. The molecule has 0 heterocycles. The zero-order valence-corrected chi connectivity index (χ0v) is 36.7. The molecule has 0 N–H and O–H groups in total. The molecule has 3 fully saturated rings. The second-order valence-electron chi connectivity index (χ2n) is 20.2. The molecule has 0 aliphatic heterocycles. The number of carbonyl (C=O) groups excluding carboxylic acids is 1. The summed E-state index contributed by atoms with van der Waals surface area (Å²) in [7, 11) is 0. The van der Waals surface area contributed by atoms with E-state index in [1.165, 1.54) is 161 Å². The Balaban J connectivity index is 1.04. The third-order valence-electron chi connectivity index (χ3n) is 16.2. The van der Waals surface area contributed by atoms with Gasteiger partial charge in [-0.15, -0.1) is 0 Å². The molecule has 0 bridgehead atoms. The number of allylic oxidation sites excluding steroid dienone is 3. The molecule has 4 aliphatic rings. The van der Waals surface area contributed by atoms with Crippen LogP contribution in [-0.2, 0) is 9.53 Å². The summed E-state index contributed by atoms with van der Waals surface area (Å²) in [6.45, 7) is 17.5. The zero-order chi connectivity index (χ0) is 38.1. The first-order valence-electron chi connectivity index (χ1n) is 24.1. The van der Waals surface area contributed by atoms with Crippen molar-refractivity contribution < 1.29 is 9.53 Å². The van der Waals surface area contributed by atoms with Crippen LogP contribution in [0.15, 0.2) is 23.8 Å². The Labute approximate surface area is 331 Å². The summed E-state index contributed by atoms with van der Waals surface area (Å²) in [5.74, 6) is 6.08. The van der Waals surface area contributed by atoms with E-state index in [9.17, 15) is 4.79 Å². The van der Waals surface area contributed by atoms with E-state index in [1.54, 1.807) is 5.57 Å². The highest BCUT2D eigenvalue weighted by Gasteiger charge is 2.59. The summed E-state index contributed by atoms with van der Waals surface area (Å²) in [6.07, 6.45) is 45.4. The molecule has 2 nitrogen and oxygen atoms in total. The highest BCUT2D eigenvalue weighted by atomic mass is 16.5. The molecule has 9 atom stereocenters. The average molecular weight is 735 g/mol. The minimum absolute atomic E-state index is 0.0597. The van der Waals surface area contributed by atoms with E-state index in [0.29, 0.717) is 17.3 Å². The lowest BCUT2D eigenvalue weighted by Crippen LogP contribution is -2.51. The number of hydrogen-bond donors (Lipinski definition) is 0. The predicted molar refractivity (Wildman–Crippen MR) is 230 cm³/mol. The van der Waals surface area contributed by atoms with Gasteiger partial charge in [-0.3, -0.25) is 4.79 Å². The molecule has 9 unspecified atom stereocenters. The van der Waals surface area contributed by atoms with Gasteiger partial charge in [-0.2, -0.15) is 0 Å². The number of hydrogen-bond acceptors (Lipinski definition) is 2. The van der Waals surface area contributed by atoms with Crippen LogP contribution in [0.5, 0.6) is 0 Å². The monoisotopic (exact) mass is 735 g/mol. The maximum absolute atomic E-state index is 12.9. The summed E-state index contributed by atoms with van der Waals surface area (Å²) >= 11 is 0. The summed E-state index contributed by atoms with van der Waals surface area (Å²) in [4.78, 5) is 12.9. The highest BCUT2D eigenvalue weighted by molar-refractivity contribution is 5.69. The third kappa shape index (κ3) is 13.3. The molecule has 0 radical (unpaired) electrons. The molecular formula is C51H90O2. The van der Waals surface area contributed by atoms with Crippen molar-refractivity contribution in [1.29, 1.82) is 0 Å². The van der Waals surface area contributed by atoms with Crippen LogP contribution < -0.4 is 0 Å². The maximum Gasteiger partial charge on any atom is 0.306 e. The fraction of sp³-hybridized carbons (Fsp3) is 0.902. The van der Waals surface area contributed by atoms with Gasteiger partial charge in [-0.25, -0.2) is 0 Å². The van der Waals surface area contributed by atoms with E-state index in [2.05, 4.69) is 66.7 Å². The zero-order valence-electron chi connectivity index (χ0n) is 36.7. The van der Waals surface area contributed by atoms with Gasteiger partial charge in [0.05, 0.1) is 0 Å². The molecule has 4 aliphatic carbocycles. The van der Waals surface area contributed by atoms with Gasteiger partial charge in [0.1, 0.15) is 6.10 Å². The highest BCUT2D eigenvalue weighted by Crippen LogP contribution is 2.67. The van der Waals surface area contributed by atoms with Gasteiger partial charge in [0.2, 0.25) is 0 Å².